The molecule has 2 aliphatic rings. The van der Waals surface area contributed by atoms with E-state index >= 15 is 0 Å². The molecule has 2 saturated heterocycles. The van der Waals surface area contributed by atoms with Crippen LogP contribution in [0.2, 0.25) is 0 Å². The zero-order valence-electron chi connectivity index (χ0n) is 11.1. The molecule has 0 bridgehead atoms. The van der Waals surface area contributed by atoms with Gasteiger partial charge in [0.25, 0.3) is 11.6 Å². The van der Waals surface area contributed by atoms with Gasteiger partial charge in [-0.05, 0) is 24.0 Å². The van der Waals surface area contributed by atoms with Gasteiger partial charge in [-0.3, -0.25) is 14.9 Å². The molecule has 1 amide bonds. The molecule has 1 N–H and O–H groups in total. The number of fused-ring (bicyclic) bond motifs is 1. The SMILES string of the molecule is Cl.O=C(c1ccc(Br)cc1[N+](=O)[O-])N1C[C@H]2CNC[C@H]2C1. The van der Waals surface area contributed by atoms with E-state index in [1.165, 1.54) is 12.1 Å². The Bertz CT molecular complexity index is 572. The highest BCUT2D eigenvalue weighted by Gasteiger charge is 2.39. The first-order valence-corrected chi connectivity index (χ1v) is 7.29. The molecule has 2 aliphatic heterocycles. The van der Waals surface area contributed by atoms with Crippen LogP contribution in [0, 0.1) is 22.0 Å². The summed E-state index contributed by atoms with van der Waals surface area (Å²) in [6.45, 7) is 3.22. The molecule has 2 atom stereocenters. The topological polar surface area (TPSA) is 75.5 Å². The summed E-state index contributed by atoms with van der Waals surface area (Å²) in [5, 5.41) is 14.4. The summed E-state index contributed by atoms with van der Waals surface area (Å²) in [7, 11) is 0. The highest BCUT2D eigenvalue weighted by molar-refractivity contribution is 9.10. The first-order valence-electron chi connectivity index (χ1n) is 6.50. The molecule has 2 heterocycles. The quantitative estimate of drug-likeness (QED) is 0.633. The molecule has 0 radical (unpaired) electrons. The molecule has 3 rings (SSSR count). The lowest BCUT2D eigenvalue weighted by Gasteiger charge is -2.17. The number of hydrogen-bond acceptors (Lipinski definition) is 4. The average molecular weight is 377 g/mol. The minimum atomic E-state index is -0.504. The molecule has 2 fully saturated rings. The number of rotatable bonds is 2. The van der Waals surface area contributed by atoms with Crippen LogP contribution in [-0.4, -0.2) is 41.9 Å². The second-order valence-electron chi connectivity index (χ2n) is 5.31. The average Bonchev–Trinajstić information content (AvgIpc) is 2.98. The Kier molecular flexibility index (Phi) is 4.85. The van der Waals surface area contributed by atoms with E-state index in [-0.39, 0.29) is 29.6 Å². The van der Waals surface area contributed by atoms with Crippen LogP contribution >= 0.6 is 28.3 Å². The van der Waals surface area contributed by atoms with E-state index in [2.05, 4.69) is 21.2 Å². The summed E-state index contributed by atoms with van der Waals surface area (Å²) >= 11 is 3.20. The number of benzene rings is 1. The molecule has 0 saturated carbocycles. The summed E-state index contributed by atoms with van der Waals surface area (Å²) in [6, 6.07) is 4.57. The third-order valence-corrected chi connectivity index (χ3v) is 4.56. The van der Waals surface area contributed by atoms with E-state index < -0.39 is 4.92 Å². The molecule has 21 heavy (non-hydrogen) atoms. The molecular weight excluding hydrogens is 362 g/mol. The van der Waals surface area contributed by atoms with Crippen molar-refractivity contribution in [3.05, 3.63) is 38.3 Å². The van der Waals surface area contributed by atoms with Gasteiger partial charge in [0.15, 0.2) is 0 Å². The van der Waals surface area contributed by atoms with Crippen LogP contribution in [0.3, 0.4) is 0 Å². The Balaban J connectivity index is 0.00000161. The highest BCUT2D eigenvalue weighted by Crippen LogP contribution is 2.30. The fourth-order valence-corrected chi connectivity index (χ4v) is 3.38. The van der Waals surface area contributed by atoms with E-state index in [1.54, 1.807) is 11.0 Å². The smallest absolute Gasteiger partial charge is 0.283 e. The number of halogens is 2. The van der Waals surface area contributed by atoms with E-state index in [0.29, 0.717) is 29.4 Å². The molecule has 6 nitrogen and oxygen atoms in total. The number of amides is 1. The number of carbonyl (C=O) groups is 1. The van der Waals surface area contributed by atoms with Gasteiger partial charge < -0.3 is 10.2 Å². The summed E-state index contributed by atoms with van der Waals surface area (Å²) in [5.41, 5.74) is 0.0330. The van der Waals surface area contributed by atoms with Crippen LogP contribution in [0.15, 0.2) is 22.7 Å². The normalized spacial score (nSPS) is 23.6. The first-order chi connectivity index (χ1) is 9.56. The minimum absolute atomic E-state index is 0. The molecule has 0 aromatic heterocycles. The molecule has 1 aromatic carbocycles. The Hall–Kier alpha value is -1.18. The van der Waals surface area contributed by atoms with Gasteiger partial charge in [-0.1, -0.05) is 15.9 Å². The summed E-state index contributed by atoms with van der Waals surface area (Å²) < 4.78 is 0.600. The number of nitrogens with zero attached hydrogens (tertiary/aromatic N) is 2. The van der Waals surface area contributed by atoms with Crippen LogP contribution in [-0.2, 0) is 0 Å². The third-order valence-electron chi connectivity index (χ3n) is 4.06. The van der Waals surface area contributed by atoms with Crippen molar-refractivity contribution in [2.45, 2.75) is 0 Å². The van der Waals surface area contributed by atoms with Crippen LogP contribution in [0.25, 0.3) is 0 Å². The second-order valence-corrected chi connectivity index (χ2v) is 6.22. The van der Waals surface area contributed by atoms with Crippen molar-refractivity contribution in [1.29, 1.82) is 0 Å². The van der Waals surface area contributed by atoms with Crippen molar-refractivity contribution < 1.29 is 9.72 Å². The summed E-state index contributed by atoms with van der Waals surface area (Å²) in [6.07, 6.45) is 0. The lowest BCUT2D eigenvalue weighted by atomic mass is 10.0. The molecule has 8 heteroatoms. The number of nitro benzene ring substituents is 1. The fourth-order valence-electron chi connectivity index (χ4n) is 3.03. The van der Waals surface area contributed by atoms with Crippen LogP contribution in [0.5, 0.6) is 0 Å². The van der Waals surface area contributed by atoms with Gasteiger partial charge >= 0.3 is 0 Å². The van der Waals surface area contributed by atoms with Crippen molar-refractivity contribution in [3.63, 3.8) is 0 Å². The lowest BCUT2D eigenvalue weighted by molar-refractivity contribution is -0.385. The Morgan fingerprint density at radius 3 is 2.52 bits per heavy atom. The Morgan fingerprint density at radius 1 is 1.33 bits per heavy atom. The van der Waals surface area contributed by atoms with Crippen molar-refractivity contribution in [2.24, 2.45) is 11.8 Å². The van der Waals surface area contributed by atoms with Gasteiger partial charge in [0, 0.05) is 36.7 Å². The van der Waals surface area contributed by atoms with E-state index in [1.807, 2.05) is 0 Å². The molecular formula is C13H15BrClN3O3. The zero-order chi connectivity index (χ0) is 14.3. The third kappa shape index (κ3) is 3.04. The largest absolute Gasteiger partial charge is 0.338 e. The maximum atomic E-state index is 12.5. The maximum Gasteiger partial charge on any atom is 0.283 e. The van der Waals surface area contributed by atoms with Crippen LogP contribution < -0.4 is 5.32 Å². The Morgan fingerprint density at radius 2 is 1.95 bits per heavy atom. The summed E-state index contributed by atoms with van der Waals surface area (Å²) in [5.74, 6) is 0.723. The second kappa shape index (κ2) is 6.29. The number of hydrogen-bond donors (Lipinski definition) is 1. The molecule has 114 valence electrons. The van der Waals surface area contributed by atoms with Gasteiger partial charge in [0.1, 0.15) is 5.56 Å². The molecule has 0 spiro atoms. The fraction of sp³-hybridized carbons (Fsp3) is 0.462. The van der Waals surface area contributed by atoms with Crippen LogP contribution in [0.1, 0.15) is 10.4 Å². The van der Waals surface area contributed by atoms with E-state index in [4.69, 9.17) is 0 Å². The molecule has 0 unspecified atom stereocenters. The van der Waals surface area contributed by atoms with Crippen molar-refractivity contribution in [1.82, 2.24) is 10.2 Å². The number of carbonyl (C=O) groups excluding carboxylic acids is 1. The first kappa shape index (κ1) is 16.2. The van der Waals surface area contributed by atoms with Gasteiger partial charge in [-0.15, -0.1) is 12.4 Å². The van der Waals surface area contributed by atoms with Crippen molar-refractivity contribution >= 4 is 39.9 Å². The monoisotopic (exact) mass is 375 g/mol. The van der Waals surface area contributed by atoms with E-state index in [0.717, 1.165) is 13.1 Å². The van der Waals surface area contributed by atoms with Gasteiger partial charge in [0.2, 0.25) is 0 Å². The lowest BCUT2D eigenvalue weighted by Crippen LogP contribution is -2.32. The summed E-state index contributed by atoms with van der Waals surface area (Å²) in [4.78, 5) is 24.8. The Labute approximate surface area is 136 Å². The van der Waals surface area contributed by atoms with Crippen molar-refractivity contribution in [3.8, 4) is 0 Å². The minimum Gasteiger partial charge on any atom is -0.338 e. The number of likely N-dealkylation sites (tertiary alicyclic amines) is 1. The van der Waals surface area contributed by atoms with Gasteiger partial charge in [-0.2, -0.15) is 0 Å². The van der Waals surface area contributed by atoms with Gasteiger partial charge in [0.05, 0.1) is 4.92 Å². The standard InChI is InChI=1S/C13H14BrN3O3.ClH/c14-10-1-2-11(12(3-10)17(19)20)13(18)16-6-8-4-15-5-9(8)7-16;/h1-3,8-9,15H,4-7H2;1H/t8-,9+;. The zero-order valence-corrected chi connectivity index (χ0v) is 13.5. The van der Waals surface area contributed by atoms with Gasteiger partial charge in [-0.25, -0.2) is 0 Å². The highest BCUT2D eigenvalue weighted by atomic mass is 79.9. The molecule has 0 aliphatic carbocycles. The molecule has 1 aromatic rings. The number of nitro groups is 1. The number of nitrogens with one attached hydrogen (secondary N) is 1. The van der Waals surface area contributed by atoms with Crippen molar-refractivity contribution in [2.75, 3.05) is 26.2 Å². The maximum absolute atomic E-state index is 12.5. The predicted molar refractivity (Wildman–Crippen MR) is 83.8 cm³/mol. The van der Waals surface area contributed by atoms with Crippen LogP contribution in [0.4, 0.5) is 5.69 Å². The predicted octanol–water partition coefficient (Wildman–Crippen LogP) is 2.07. The van der Waals surface area contributed by atoms with E-state index in [9.17, 15) is 14.9 Å².